The number of aryl methyl sites for hydroxylation is 1. The second kappa shape index (κ2) is 5.44. The van der Waals surface area contributed by atoms with Crippen molar-refractivity contribution in [2.24, 2.45) is 0 Å². The third-order valence-electron chi connectivity index (χ3n) is 3.45. The summed E-state index contributed by atoms with van der Waals surface area (Å²) in [6.07, 6.45) is 1.83. The van der Waals surface area contributed by atoms with Crippen LogP contribution in [0.4, 0.5) is 9.18 Å². The van der Waals surface area contributed by atoms with Crippen molar-refractivity contribution in [1.29, 1.82) is 0 Å². The van der Waals surface area contributed by atoms with Gasteiger partial charge in [0.05, 0.1) is 0 Å². The number of rotatable bonds is 3. The van der Waals surface area contributed by atoms with Crippen LogP contribution in [-0.2, 0) is 6.54 Å². The molecule has 0 saturated heterocycles. The van der Waals surface area contributed by atoms with Gasteiger partial charge in [0.2, 0.25) is 0 Å². The van der Waals surface area contributed by atoms with Crippen LogP contribution in [0.15, 0.2) is 36.8 Å². The summed E-state index contributed by atoms with van der Waals surface area (Å²) in [5.74, 6) is -0.384. The Labute approximate surface area is 125 Å². The number of hydrogen-bond donors (Lipinski definition) is 2. The van der Waals surface area contributed by atoms with Gasteiger partial charge in [0.1, 0.15) is 17.5 Å². The molecule has 1 aromatic carbocycles. The number of carboxylic acid groups (broad SMARTS) is 1. The molecule has 0 saturated carbocycles. The third kappa shape index (κ3) is 2.48. The summed E-state index contributed by atoms with van der Waals surface area (Å²) in [5, 5.41) is 14.9. The maximum atomic E-state index is 13.9. The number of fused-ring (bicyclic) bond motifs is 1. The molecule has 0 atom stereocenters. The van der Waals surface area contributed by atoms with E-state index in [-0.39, 0.29) is 12.4 Å². The summed E-state index contributed by atoms with van der Waals surface area (Å²) in [5.41, 5.74) is 3.32. The highest BCUT2D eigenvalue weighted by Crippen LogP contribution is 2.26. The Morgan fingerprint density at radius 1 is 1.41 bits per heavy atom. The molecule has 2 aromatic heterocycles. The average molecular weight is 300 g/mol. The van der Waals surface area contributed by atoms with Gasteiger partial charge < -0.3 is 10.4 Å². The van der Waals surface area contributed by atoms with Crippen molar-refractivity contribution in [3.63, 3.8) is 0 Å². The number of amides is 1. The summed E-state index contributed by atoms with van der Waals surface area (Å²) < 4.78 is 15.3. The van der Waals surface area contributed by atoms with E-state index in [9.17, 15) is 9.18 Å². The van der Waals surface area contributed by atoms with E-state index in [0.717, 1.165) is 16.7 Å². The molecule has 3 rings (SSSR count). The fourth-order valence-corrected chi connectivity index (χ4v) is 2.34. The fourth-order valence-electron chi connectivity index (χ4n) is 2.34. The maximum absolute atomic E-state index is 13.9. The number of carbonyl (C=O) groups is 1. The van der Waals surface area contributed by atoms with E-state index < -0.39 is 6.09 Å². The van der Waals surface area contributed by atoms with Gasteiger partial charge in [0, 0.05) is 18.3 Å². The molecule has 0 aliphatic carbocycles. The Hall–Kier alpha value is -2.96. The summed E-state index contributed by atoms with van der Waals surface area (Å²) >= 11 is 0. The number of nitrogens with zero attached hydrogens (tertiary/aromatic N) is 3. The molecule has 3 aromatic rings. The molecule has 0 spiro atoms. The lowest BCUT2D eigenvalue weighted by Crippen LogP contribution is -2.20. The molecule has 0 aliphatic rings. The van der Waals surface area contributed by atoms with E-state index in [1.807, 2.05) is 13.0 Å². The first kappa shape index (κ1) is 14.0. The van der Waals surface area contributed by atoms with Crippen LogP contribution < -0.4 is 5.32 Å². The van der Waals surface area contributed by atoms with E-state index in [2.05, 4.69) is 15.4 Å². The molecule has 0 aliphatic heterocycles. The lowest BCUT2D eigenvalue weighted by Gasteiger charge is -2.09. The second-order valence-corrected chi connectivity index (χ2v) is 4.87. The molecule has 0 fully saturated rings. The second-order valence-electron chi connectivity index (χ2n) is 4.87. The van der Waals surface area contributed by atoms with Crippen molar-refractivity contribution in [2.45, 2.75) is 13.5 Å². The van der Waals surface area contributed by atoms with Gasteiger partial charge in [0.25, 0.3) is 0 Å². The first-order chi connectivity index (χ1) is 10.6. The molecule has 112 valence electrons. The van der Waals surface area contributed by atoms with Crippen LogP contribution >= 0.6 is 0 Å². The predicted molar refractivity (Wildman–Crippen MR) is 78.0 cm³/mol. The quantitative estimate of drug-likeness (QED) is 0.779. The molecule has 0 unspecified atom stereocenters. The van der Waals surface area contributed by atoms with Gasteiger partial charge in [-0.15, -0.1) is 0 Å². The van der Waals surface area contributed by atoms with Crippen molar-refractivity contribution in [3.8, 4) is 11.3 Å². The van der Waals surface area contributed by atoms with Gasteiger partial charge in [-0.3, -0.25) is 0 Å². The molecule has 0 radical (unpaired) electrons. The van der Waals surface area contributed by atoms with Gasteiger partial charge in [0.15, 0.2) is 5.82 Å². The van der Waals surface area contributed by atoms with E-state index in [1.54, 1.807) is 12.1 Å². The Kier molecular flexibility index (Phi) is 3.46. The van der Waals surface area contributed by atoms with Gasteiger partial charge in [-0.2, -0.15) is 5.10 Å². The van der Waals surface area contributed by atoms with E-state index in [0.29, 0.717) is 11.2 Å². The van der Waals surface area contributed by atoms with Crippen LogP contribution in [0, 0.1) is 12.7 Å². The van der Waals surface area contributed by atoms with Crippen LogP contribution in [0.25, 0.3) is 16.8 Å². The smallest absolute Gasteiger partial charge is 0.404 e. The Balaban J connectivity index is 2.03. The Morgan fingerprint density at radius 3 is 2.95 bits per heavy atom. The van der Waals surface area contributed by atoms with Crippen LogP contribution in [0.3, 0.4) is 0 Å². The topological polar surface area (TPSA) is 79.5 Å². The van der Waals surface area contributed by atoms with Gasteiger partial charge in [-0.1, -0.05) is 12.1 Å². The highest BCUT2D eigenvalue weighted by Gasteiger charge is 2.12. The molecule has 2 heterocycles. The molecular weight excluding hydrogens is 287 g/mol. The predicted octanol–water partition coefficient (Wildman–Crippen LogP) is 2.61. The Morgan fingerprint density at radius 2 is 2.23 bits per heavy atom. The molecule has 0 bridgehead atoms. The minimum absolute atomic E-state index is 0.222. The van der Waals surface area contributed by atoms with E-state index >= 15 is 0 Å². The largest absolute Gasteiger partial charge is 0.465 e. The van der Waals surface area contributed by atoms with Crippen molar-refractivity contribution in [1.82, 2.24) is 19.9 Å². The van der Waals surface area contributed by atoms with Gasteiger partial charge >= 0.3 is 6.09 Å². The summed E-state index contributed by atoms with van der Waals surface area (Å²) in [4.78, 5) is 14.7. The zero-order valence-electron chi connectivity index (χ0n) is 11.7. The molecule has 1 amide bonds. The molecule has 7 heteroatoms. The minimum Gasteiger partial charge on any atom is -0.465 e. The van der Waals surface area contributed by atoms with Crippen molar-refractivity contribution in [2.75, 3.05) is 0 Å². The SMILES string of the molecule is Cc1cc(-c2ncnn3ccc(F)c23)ccc1CNC(=O)O. The number of benzene rings is 1. The van der Waals surface area contributed by atoms with Crippen molar-refractivity contribution >= 4 is 11.6 Å². The fraction of sp³-hybridized carbons (Fsp3) is 0.133. The molecular formula is C15H13FN4O2. The zero-order chi connectivity index (χ0) is 15.7. The number of halogens is 1. The lowest BCUT2D eigenvalue weighted by molar-refractivity contribution is 0.194. The minimum atomic E-state index is -1.07. The lowest BCUT2D eigenvalue weighted by atomic mass is 10.0. The van der Waals surface area contributed by atoms with E-state index in [4.69, 9.17) is 5.11 Å². The first-order valence-electron chi connectivity index (χ1n) is 6.61. The normalized spacial score (nSPS) is 10.8. The summed E-state index contributed by atoms with van der Waals surface area (Å²) in [6, 6.07) is 6.79. The summed E-state index contributed by atoms with van der Waals surface area (Å²) in [6.45, 7) is 2.09. The van der Waals surface area contributed by atoms with Gasteiger partial charge in [-0.25, -0.2) is 18.7 Å². The van der Waals surface area contributed by atoms with Crippen LogP contribution in [0.5, 0.6) is 0 Å². The van der Waals surface area contributed by atoms with Crippen molar-refractivity contribution < 1.29 is 14.3 Å². The Bertz CT molecular complexity index is 860. The molecule has 6 nitrogen and oxygen atoms in total. The average Bonchev–Trinajstić information content (AvgIpc) is 2.87. The monoisotopic (exact) mass is 300 g/mol. The summed E-state index contributed by atoms with van der Waals surface area (Å²) in [7, 11) is 0. The first-order valence-corrected chi connectivity index (χ1v) is 6.61. The highest BCUT2D eigenvalue weighted by molar-refractivity contribution is 5.77. The zero-order valence-corrected chi connectivity index (χ0v) is 11.7. The van der Waals surface area contributed by atoms with E-state index in [1.165, 1.54) is 23.1 Å². The number of nitrogens with one attached hydrogen (secondary N) is 1. The van der Waals surface area contributed by atoms with Crippen LogP contribution in [0.1, 0.15) is 11.1 Å². The molecule has 2 N–H and O–H groups in total. The standard InChI is InChI=1S/C15H13FN4O2/c1-9-6-10(2-3-11(9)7-17-15(21)22)13-14-12(16)4-5-20(14)19-8-18-13/h2-6,8,17H,7H2,1H3,(H,21,22). The maximum Gasteiger partial charge on any atom is 0.404 e. The number of hydrogen-bond acceptors (Lipinski definition) is 3. The van der Waals surface area contributed by atoms with Crippen LogP contribution in [-0.4, -0.2) is 25.8 Å². The molecule has 22 heavy (non-hydrogen) atoms. The highest BCUT2D eigenvalue weighted by atomic mass is 19.1. The third-order valence-corrected chi connectivity index (χ3v) is 3.45. The number of aromatic nitrogens is 3. The van der Waals surface area contributed by atoms with Crippen molar-refractivity contribution in [3.05, 3.63) is 53.7 Å². The van der Waals surface area contributed by atoms with Crippen LogP contribution in [0.2, 0.25) is 0 Å². The van der Waals surface area contributed by atoms with Gasteiger partial charge in [-0.05, 0) is 30.2 Å².